The van der Waals surface area contributed by atoms with Crippen LogP contribution in [0, 0.1) is 5.92 Å². The van der Waals surface area contributed by atoms with Gasteiger partial charge >= 0.3 is 0 Å². The monoisotopic (exact) mass is 258 g/mol. The van der Waals surface area contributed by atoms with E-state index in [2.05, 4.69) is 4.90 Å². The number of hydrogen-bond donors (Lipinski definition) is 3. The lowest BCUT2D eigenvalue weighted by Crippen LogP contribution is -2.43. The van der Waals surface area contributed by atoms with E-state index in [0.29, 0.717) is 0 Å². The number of primary amides is 1. The summed E-state index contributed by atoms with van der Waals surface area (Å²) in [6, 6.07) is 0.263. The molecule has 5 heteroatoms. The van der Waals surface area contributed by atoms with Crippen molar-refractivity contribution in [3.63, 3.8) is 0 Å². The zero-order valence-electron chi connectivity index (χ0n) is 11.2. The Morgan fingerprint density at radius 3 is 2.83 bits per heavy atom. The molecule has 1 rings (SSSR count). The second-order valence-electron chi connectivity index (χ2n) is 5.37. The van der Waals surface area contributed by atoms with Crippen LogP contribution in [0.3, 0.4) is 0 Å². The highest BCUT2D eigenvalue weighted by molar-refractivity contribution is 5.74. The van der Waals surface area contributed by atoms with Crippen molar-refractivity contribution in [2.45, 2.75) is 51.2 Å². The molecule has 1 fully saturated rings. The molecule has 1 amide bonds. The first kappa shape index (κ1) is 15.4. The minimum absolute atomic E-state index is 0.0323. The third-order valence-electron chi connectivity index (χ3n) is 3.90. The Balaban J connectivity index is 2.31. The van der Waals surface area contributed by atoms with Crippen LogP contribution in [0.15, 0.2) is 0 Å². The first-order valence-corrected chi connectivity index (χ1v) is 6.86. The molecule has 0 spiro atoms. The Kier molecular flexibility index (Phi) is 6.60. The van der Waals surface area contributed by atoms with E-state index in [1.54, 1.807) is 0 Å². The summed E-state index contributed by atoms with van der Waals surface area (Å²) >= 11 is 0. The summed E-state index contributed by atoms with van der Waals surface area (Å²) in [5.41, 5.74) is 5.07. The Hall–Kier alpha value is -0.650. The molecule has 0 aromatic heterocycles. The van der Waals surface area contributed by atoms with Gasteiger partial charge in [-0.15, -0.1) is 0 Å². The molecule has 1 heterocycles. The SMILES string of the molecule is C[C@H](CCN1CCCCC1CO)[C@@H](O)CC(N)=O. The van der Waals surface area contributed by atoms with Crippen LogP contribution < -0.4 is 5.73 Å². The van der Waals surface area contributed by atoms with Crippen molar-refractivity contribution in [1.82, 2.24) is 4.90 Å². The van der Waals surface area contributed by atoms with Crippen molar-refractivity contribution in [2.24, 2.45) is 11.7 Å². The highest BCUT2D eigenvalue weighted by Crippen LogP contribution is 2.19. The number of aliphatic hydroxyl groups is 2. The van der Waals surface area contributed by atoms with E-state index in [1.165, 1.54) is 12.8 Å². The van der Waals surface area contributed by atoms with Gasteiger partial charge in [0.15, 0.2) is 0 Å². The molecule has 0 radical (unpaired) electrons. The summed E-state index contributed by atoms with van der Waals surface area (Å²) < 4.78 is 0. The number of rotatable bonds is 7. The van der Waals surface area contributed by atoms with Gasteiger partial charge in [0.2, 0.25) is 5.91 Å². The van der Waals surface area contributed by atoms with Gasteiger partial charge in [0, 0.05) is 6.04 Å². The summed E-state index contributed by atoms with van der Waals surface area (Å²) in [6.45, 7) is 4.02. The molecular weight excluding hydrogens is 232 g/mol. The maximum atomic E-state index is 10.7. The van der Waals surface area contributed by atoms with E-state index in [-0.39, 0.29) is 25.0 Å². The van der Waals surface area contributed by atoms with Gasteiger partial charge in [-0.3, -0.25) is 9.69 Å². The molecule has 1 aliphatic heterocycles. The number of nitrogens with two attached hydrogens (primary N) is 1. The second-order valence-corrected chi connectivity index (χ2v) is 5.37. The minimum Gasteiger partial charge on any atom is -0.395 e. The molecule has 1 aliphatic rings. The van der Waals surface area contributed by atoms with Crippen LogP contribution in [0.2, 0.25) is 0 Å². The molecular formula is C13H26N2O3. The molecule has 0 saturated carbocycles. The lowest BCUT2D eigenvalue weighted by atomic mass is 9.96. The Morgan fingerprint density at radius 2 is 2.22 bits per heavy atom. The van der Waals surface area contributed by atoms with Gasteiger partial charge < -0.3 is 15.9 Å². The van der Waals surface area contributed by atoms with Gasteiger partial charge in [-0.1, -0.05) is 13.3 Å². The first-order chi connectivity index (χ1) is 8.54. The molecule has 0 aromatic carbocycles. The zero-order valence-corrected chi connectivity index (χ0v) is 11.2. The molecule has 0 aliphatic carbocycles. The fourth-order valence-corrected chi connectivity index (χ4v) is 2.53. The zero-order chi connectivity index (χ0) is 13.5. The van der Waals surface area contributed by atoms with Gasteiger partial charge in [-0.2, -0.15) is 0 Å². The van der Waals surface area contributed by atoms with Gasteiger partial charge in [-0.25, -0.2) is 0 Å². The van der Waals surface area contributed by atoms with Crippen LogP contribution in [0.5, 0.6) is 0 Å². The average Bonchev–Trinajstić information content (AvgIpc) is 2.35. The Bertz CT molecular complexity index is 261. The second kappa shape index (κ2) is 7.71. The number of carbonyl (C=O) groups is 1. The van der Waals surface area contributed by atoms with E-state index in [1.807, 2.05) is 6.92 Å². The third kappa shape index (κ3) is 4.92. The number of aliphatic hydroxyl groups excluding tert-OH is 2. The summed E-state index contributed by atoms with van der Waals surface area (Å²) in [4.78, 5) is 13.0. The molecule has 5 nitrogen and oxygen atoms in total. The first-order valence-electron chi connectivity index (χ1n) is 6.86. The smallest absolute Gasteiger partial charge is 0.220 e. The van der Waals surface area contributed by atoms with E-state index in [4.69, 9.17) is 5.73 Å². The predicted molar refractivity (Wildman–Crippen MR) is 69.9 cm³/mol. The van der Waals surface area contributed by atoms with E-state index < -0.39 is 12.0 Å². The largest absolute Gasteiger partial charge is 0.395 e. The topological polar surface area (TPSA) is 86.8 Å². The van der Waals surface area contributed by atoms with Gasteiger partial charge in [0.25, 0.3) is 0 Å². The van der Waals surface area contributed by atoms with E-state index in [0.717, 1.165) is 25.9 Å². The highest BCUT2D eigenvalue weighted by atomic mass is 16.3. The fraction of sp³-hybridized carbons (Fsp3) is 0.923. The maximum absolute atomic E-state index is 10.7. The summed E-state index contributed by atoms with van der Waals surface area (Å²) in [5.74, 6) is -0.403. The van der Waals surface area contributed by atoms with E-state index >= 15 is 0 Å². The molecule has 106 valence electrons. The number of carbonyl (C=O) groups excluding carboxylic acids is 1. The van der Waals surface area contributed by atoms with Crippen molar-refractivity contribution in [1.29, 1.82) is 0 Å². The van der Waals surface area contributed by atoms with Gasteiger partial charge in [0.1, 0.15) is 0 Å². The summed E-state index contributed by atoms with van der Waals surface area (Å²) in [6.07, 6.45) is 3.61. The number of piperidine rings is 1. The molecule has 0 aromatic rings. The van der Waals surface area contributed by atoms with Crippen LogP contribution in [-0.2, 0) is 4.79 Å². The van der Waals surface area contributed by atoms with Crippen LogP contribution in [0.1, 0.15) is 39.0 Å². The molecule has 1 unspecified atom stereocenters. The van der Waals surface area contributed by atoms with Crippen LogP contribution in [0.4, 0.5) is 0 Å². The van der Waals surface area contributed by atoms with Gasteiger partial charge in [-0.05, 0) is 38.3 Å². The lowest BCUT2D eigenvalue weighted by molar-refractivity contribution is -0.120. The summed E-state index contributed by atoms with van der Waals surface area (Å²) in [7, 11) is 0. The number of likely N-dealkylation sites (tertiary alicyclic amines) is 1. The van der Waals surface area contributed by atoms with Crippen LogP contribution in [0.25, 0.3) is 0 Å². The molecule has 4 N–H and O–H groups in total. The van der Waals surface area contributed by atoms with Crippen molar-refractivity contribution in [2.75, 3.05) is 19.7 Å². The van der Waals surface area contributed by atoms with Crippen molar-refractivity contribution >= 4 is 5.91 Å². The van der Waals surface area contributed by atoms with Crippen LogP contribution >= 0.6 is 0 Å². The lowest BCUT2D eigenvalue weighted by Gasteiger charge is -2.35. The van der Waals surface area contributed by atoms with Crippen molar-refractivity contribution < 1.29 is 15.0 Å². The van der Waals surface area contributed by atoms with E-state index in [9.17, 15) is 15.0 Å². The van der Waals surface area contributed by atoms with Crippen molar-refractivity contribution in [3.05, 3.63) is 0 Å². The number of hydrogen-bond acceptors (Lipinski definition) is 4. The van der Waals surface area contributed by atoms with Crippen molar-refractivity contribution in [3.8, 4) is 0 Å². The molecule has 3 atom stereocenters. The minimum atomic E-state index is -0.653. The quantitative estimate of drug-likeness (QED) is 0.604. The Labute approximate surface area is 109 Å². The average molecular weight is 258 g/mol. The predicted octanol–water partition coefficient (Wildman–Crippen LogP) is 0.0957. The van der Waals surface area contributed by atoms with Gasteiger partial charge in [0.05, 0.1) is 19.1 Å². The summed E-state index contributed by atoms with van der Waals surface area (Å²) in [5, 5.41) is 19.1. The Morgan fingerprint density at radius 1 is 1.50 bits per heavy atom. The molecule has 18 heavy (non-hydrogen) atoms. The third-order valence-corrected chi connectivity index (χ3v) is 3.90. The number of amides is 1. The molecule has 0 bridgehead atoms. The normalized spacial score (nSPS) is 24.7. The standard InChI is InChI=1S/C13H26N2O3/c1-10(12(17)8-13(14)18)5-7-15-6-3-2-4-11(15)9-16/h10-12,16-17H,2-9H2,1H3,(H2,14,18)/t10-,11?,12+/m1/s1. The highest BCUT2D eigenvalue weighted by Gasteiger charge is 2.23. The van der Waals surface area contributed by atoms with Crippen LogP contribution in [-0.4, -0.2) is 52.9 Å². The maximum Gasteiger partial charge on any atom is 0.220 e. The molecule has 1 saturated heterocycles. The number of nitrogens with zero attached hydrogens (tertiary/aromatic N) is 1. The fourth-order valence-electron chi connectivity index (χ4n) is 2.53.